The second kappa shape index (κ2) is 6.94. The van der Waals surface area contributed by atoms with Crippen LogP contribution in [0.5, 0.6) is 0 Å². The lowest BCUT2D eigenvalue weighted by molar-refractivity contribution is -0.393. The number of piperazine rings is 1. The standard InChI is InChI=1S/C16H15ClN4O4/c17-12-2-1-3-13(10-12)18-6-8-19(9-7-18)15-5-4-14(20(22)23)11-16(15)21(24)25/h1-5,10-11H,6-9H2. The Morgan fingerprint density at radius 1 is 0.880 bits per heavy atom. The van der Waals surface area contributed by atoms with Crippen molar-refractivity contribution in [3.63, 3.8) is 0 Å². The largest absolute Gasteiger partial charge is 0.368 e. The third-order valence-corrected chi connectivity index (χ3v) is 4.40. The summed E-state index contributed by atoms with van der Waals surface area (Å²) in [6, 6.07) is 11.3. The zero-order valence-corrected chi connectivity index (χ0v) is 13.9. The van der Waals surface area contributed by atoms with E-state index < -0.39 is 9.85 Å². The van der Waals surface area contributed by atoms with Crippen molar-refractivity contribution in [2.24, 2.45) is 0 Å². The fourth-order valence-electron chi connectivity index (χ4n) is 2.92. The van der Waals surface area contributed by atoms with E-state index in [-0.39, 0.29) is 11.4 Å². The average molecular weight is 363 g/mol. The third kappa shape index (κ3) is 3.63. The first-order valence-corrected chi connectivity index (χ1v) is 8.02. The number of rotatable bonds is 4. The second-order valence-electron chi connectivity index (χ2n) is 5.64. The molecule has 0 saturated carbocycles. The zero-order chi connectivity index (χ0) is 18.0. The van der Waals surface area contributed by atoms with Crippen LogP contribution in [0.2, 0.25) is 5.02 Å². The van der Waals surface area contributed by atoms with Crippen LogP contribution in [-0.4, -0.2) is 36.0 Å². The number of nitro benzene ring substituents is 2. The van der Waals surface area contributed by atoms with Crippen molar-refractivity contribution in [1.29, 1.82) is 0 Å². The van der Waals surface area contributed by atoms with E-state index in [1.54, 1.807) is 0 Å². The van der Waals surface area contributed by atoms with Gasteiger partial charge < -0.3 is 9.80 Å². The van der Waals surface area contributed by atoms with Crippen molar-refractivity contribution >= 4 is 34.4 Å². The monoisotopic (exact) mass is 362 g/mol. The highest BCUT2D eigenvalue weighted by atomic mass is 35.5. The fourth-order valence-corrected chi connectivity index (χ4v) is 3.10. The number of non-ortho nitro benzene ring substituents is 1. The van der Waals surface area contributed by atoms with E-state index in [0.29, 0.717) is 36.9 Å². The maximum atomic E-state index is 11.3. The van der Waals surface area contributed by atoms with Crippen LogP contribution in [0.3, 0.4) is 0 Å². The van der Waals surface area contributed by atoms with Crippen molar-refractivity contribution < 1.29 is 9.85 Å². The molecule has 8 nitrogen and oxygen atoms in total. The van der Waals surface area contributed by atoms with Crippen LogP contribution in [0.1, 0.15) is 0 Å². The topological polar surface area (TPSA) is 92.8 Å². The van der Waals surface area contributed by atoms with Gasteiger partial charge in [-0.2, -0.15) is 0 Å². The molecule has 2 aromatic rings. The van der Waals surface area contributed by atoms with Crippen molar-refractivity contribution in [3.8, 4) is 0 Å². The molecule has 0 spiro atoms. The minimum Gasteiger partial charge on any atom is -0.368 e. The zero-order valence-electron chi connectivity index (χ0n) is 13.2. The lowest BCUT2D eigenvalue weighted by Gasteiger charge is -2.37. The highest BCUT2D eigenvalue weighted by Crippen LogP contribution is 2.33. The number of nitrogens with zero attached hydrogens (tertiary/aromatic N) is 4. The minimum absolute atomic E-state index is 0.245. The molecule has 130 valence electrons. The van der Waals surface area contributed by atoms with Gasteiger partial charge in [0.05, 0.1) is 15.9 Å². The molecule has 1 fully saturated rings. The predicted molar refractivity (Wildman–Crippen MR) is 95.6 cm³/mol. The van der Waals surface area contributed by atoms with E-state index in [4.69, 9.17) is 11.6 Å². The molecule has 0 atom stereocenters. The Balaban J connectivity index is 1.78. The molecule has 9 heteroatoms. The summed E-state index contributed by atoms with van der Waals surface area (Å²) in [5.74, 6) is 0. The van der Waals surface area contributed by atoms with Gasteiger partial charge in [0.1, 0.15) is 5.69 Å². The lowest BCUT2D eigenvalue weighted by Crippen LogP contribution is -2.46. The van der Waals surface area contributed by atoms with Gasteiger partial charge in [-0.3, -0.25) is 20.2 Å². The molecule has 25 heavy (non-hydrogen) atoms. The third-order valence-electron chi connectivity index (χ3n) is 4.16. The summed E-state index contributed by atoms with van der Waals surface area (Å²) in [5.41, 5.74) is 0.880. The van der Waals surface area contributed by atoms with Crippen LogP contribution >= 0.6 is 11.6 Å². The second-order valence-corrected chi connectivity index (χ2v) is 6.08. The van der Waals surface area contributed by atoms with E-state index in [2.05, 4.69) is 4.90 Å². The van der Waals surface area contributed by atoms with Gasteiger partial charge in [-0.25, -0.2) is 0 Å². The molecule has 0 unspecified atom stereocenters. The summed E-state index contributed by atoms with van der Waals surface area (Å²) in [7, 11) is 0. The summed E-state index contributed by atoms with van der Waals surface area (Å²) < 4.78 is 0. The Morgan fingerprint density at radius 3 is 2.16 bits per heavy atom. The summed E-state index contributed by atoms with van der Waals surface area (Å²) in [4.78, 5) is 25.0. The van der Waals surface area contributed by atoms with Crippen LogP contribution in [0.25, 0.3) is 0 Å². The molecular formula is C16H15ClN4O4. The summed E-state index contributed by atoms with van der Waals surface area (Å²) in [5, 5.41) is 22.8. The maximum Gasteiger partial charge on any atom is 0.299 e. The smallest absolute Gasteiger partial charge is 0.299 e. The van der Waals surface area contributed by atoms with Crippen molar-refractivity contribution in [2.45, 2.75) is 0 Å². The number of benzene rings is 2. The van der Waals surface area contributed by atoms with Gasteiger partial charge in [-0.1, -0.05) is 17.7 Å². The van der Waals surface area contributed by atoms with Crippen LogP contribution in [-0.2, 0) is 0 Å². The van der Waals surface area contributed by atoms with Crippen molar-refractivity contribution in [2.75, 3.05) is 36.0 Å². The summed E-state index contributed by atoms with van der Waals surface area (Å²) in [6.07, 6.45) is 0. The van der Waals surface area contributed by atoms with Gasteiger partial charge in [0.25, 0.3) is 11.4 Å². The molecule has 1 saturated heterocycles. The SMILES string of the molecule is O=[N+]([O-])c1ccc(N2CCN(c3cccc(Cl)c3)CC2)c([N+](=O)[O-])c1. The first-order chi connectivity index (χ1) is 12.0. The Kier molecular flexibility index (Phi) is 4.71. The minimum atomic E-state index is -0.631. The molecule has 0 amide bonds. The van der Waals surface area contributed by atoms with E-state index in [1.165, 1.54) is 12.1 Å². The Labute approximate surface area is 148 Å². The quantitative estimate of drug-likeness (QED) is 0.610. The number of halogens is 1. The van der Waals surface area contributed by atoms with E-state index in [0.717, 1.165) is 11.8 Å². The van der Waals surface area contributed by atoms with E-state index in [9.17, 15) is 20.2 Å². The number of anilines is 2. The van der Waals surface area contributed by atoms with Crippen LogP contribution in [0.15, 0.2) is 42.5 Å². The first-order valence-electron chi connectivity index (χ1n) is 7.64. The number of hydrogen-bond acceptors (Lipinski definition) is 6. The van der Waals surface area contributed by atoms with Gasteiger partial charge in [0.15, 0.2) is 0 Å². The highest BCUT2D eigenvalue weighted by Gasteiger charge is 2.26. The lowest BCUT2D eigenvalue weighted by atomic mass is 10.2. The molecule has 0 radical (unpaired) electrons. The van der Waals surface area contributed by atoms with E-state index >= 15 is 0 Å². The van der Waals surface area contributed by atoms with Gasteiger partial charge in [0, 0.05) is 43.0 Å². The van der Waals surface area contributed by atoms with Gasteiger partial charge >= 0.3 is 0 Å². The fraction of sp³-hybridized carbons (Fsp3) is 0.250. The highest BCUT2D eigenvalue weighted by molar-refractivity contribution is 6.30. The van der Waals surface area contributed by atoms with Crippen molar-refractivity contribution in [1.82, 2.24) is 0 Å². The number of hydrogen-bond donors (Lipinski definition) is 0. The summed E-state index contributed by atoms with van der Waals surface area (Å²) in [6.45, 7) is 2.50. The molecule has 0 N–H and O–H groups in total. The van der Waals surface area contributed by atoms with Crippen LogP contribution in [0.4, 0.5) is 22.7 Å². The Hall–Kier alpha value is -2.87. The van der Waals surface area contributed by atoms with Gasteiger partial charge in [0.2, 0.25) is 0 Å². The Morgan fingerprint density at radius 2 is 1.56 bits per heavy atom. The van der Waals surface area contributed by atoms with Gasteiger partial charge in [-0.15, -0.1) is 0 Å². The van der Waals surface area contributed by atoms with Crippen LogP contribution < -0.4 is 9.80 Å². The normalized spacial score (nSPS) is 14.4. The number of nitro groups is 2. The van der Waals surface area contributed by atoms with Crippen molar-refractivity contribution in [3.05, 3.63) is 67.7 Å². The Bertz CT molecular complexity index is 822. The first kappa shape index (κ1) is 17.0. The average Bonchev–Trinajstić information content (AvgIpc) is 2.61. The molecular weight excluding hydrogens is 348 g/mol. The molecule has 1 aliphatic rings. The molecule has 2 aromatic carbocycles. The maximum absolute atomic E-state index is 11.3. The molecule has 3 rings (SSSR count). The molecule has 1 aliphatic heterocycles. The molecule has 0 aromatic heterocycles. The molecule has 0 aliphatic carbocycles. The van der Waals surface area contributed by atoms with Gasteiger partial charge in [-0.05, 0) is 24.3 Å². The summed E-state index contributed by atoms with van der Waals surface area (Å²) >= 11 is 6.02. The molecule has 1 heterocycles. The molecule has 0 bridgehead atoms. The van der Waals surface area contributed by atoms with Crippen LogP contribution in [0, 0.1) is 20.2 Å². The predicted octanol–water partition coefficient (Wildman–Crippen LogP) is 3.48. The van der Waals surface area contributed by atoms with E-state index in [1.807, 2.05) is 29.2 Å².